The van der Waals surface area contributed by atoms with Gasteiger partial charge in [0.25, 0.3) is 0 Å². The highest BCUT2D eigenvalue weighted by Crippen LogP contribution is 2.32. The van der Waals surface area contributed by atoms with Crippen LogP contribution in [0.1, 0.15) is 52.4 Å². The molecule has 20 heavy (non-hydrogen) atoms. The fraction of sp³-hybridized carbons (Fsp3) is 0.938. The van der Waals surface area contributed by atoms with Gasteiger partial charge in [-0.15, -0.1) is 0 Å². The van der Waals surface area contributed by atoms with Crippen LogP contribution in [-0.4, -0.2) is 41.3 Å². The molecular weight excluding hydrogens is 268 g/mol. The van der Waals surface area contributed by atoms with Gasteiger partial charge in [0.1, 0.15) is 0 Å². The second-order valence-electron chi connectivity index (χ2n) is 6.97. The van der Waals surface area contributed by atoms with E-state index in [1.807, 2.05) is 0 Å². The quantitative estimate of drug-likeness (QED) is 0.806. The standard InChI is InChI=1S/C16H30N2OS/c1-13(2)5-6-16(19)17-9-3-4-15(12-17)14-7-10-18(20)11-8-14/h13-15,20H,3-12H2,1-2H3. The number of likely N-dealkylation sites (tertiary alicyclic amines) is 1. The number of carbonyl (C=O) groups is 1. The first-order valence-electron chi connectivity index (χ1n) is 8.28. The third kappa shape index (κ3) is 4.66. The first-order valence-corrected chi connectivity index (χ1v) is 8.68. The molecule has 0 aliphatic carbocycles. The molecule has 2 aliphatic heterocycles. The Morgan fingerprint density at radius 2 is 1.85 bits per heavy atom. The highest BCUT2D eigenvalue weighted by Gasteiger charge is 2.31. The topological polar surface area (TPSA) is 23.6 Å². The van der Waals surface area contributed by atoms with Gasteiger partial charge < -0.3 is 4.90 Å². The molecule has 1 unspecified atom stereocenters. The van der Waals surface area contributed by atoms with Crippen molar-refractivity contribution in [3.63, 3.8) is 0 Å². The smallest absolute Gasteiger partial charge is 0.222 e. The average molecular weight is 298 g/mol. The predicted molar refractivity (Wildman–Crippen MR) is 86.7 cm³/mol. The fourth-order valence-electron chi connectivity index (χ4n) is 3.55. The molecule has 4 heteroatoms. The molecule has 0 aromatic rings. The van der Waals surface area contributed by atoms with Crippen molar-refractivity contribution in [1.29, 1.82) is 0 Å². The molecule has 2 fully saturated rings. The lowest BCUT2D eigenvalue weighted by Gasteiger charge is -2.40. The van der Waals surface area contributed by atoms with Crippen LogP contribution in [0.4, 0.5) is 0 Å². The van der Waals surface area contributed by atoms with E-state index in [1.165, 1.54) is 25.7 Å². The summed E-state index contributed by atoms with van der Waals surface area (Å²) in [5.41, 5.74) is 0. The van der Waals surface area contributed by atoms with Gasteiger partial charge in [0, 0.05) is 32.6 Å². The Kier molecular flexibility index (Phi) is 6.21. The molecule has 0 saturated carbocycles. The summed E-state index contributed by atoms with van der Waals surface area (Å²) in [5.74, 6) is 2.54. The number of nitrogens with zero attached hydrogens (tertiary/aromatic N) is 2. The Labute approximate surface area is 129 Å². The van der Waals surface area contributed by atoms with Crippen LogP contribution in [0.3, 0.4) is 0 Å². The molecule has 2 heterocycles. The van der Waals surface area contributed by atoms with Crippen molar-refractivity contribution >= 4 is 18.7 Å². The number of rotatable bonds is 4. The molecule has 1 amide bonds. The zero-order valence-corrected chi connectivity index (χ0v) is 13.9. The molecule has 116 valence electrons. The Balaban J connectivity index is 1.80. The minimum atomic E-state index is 0.384. The maximum absolute atomic E-state index is 12.3. The van der Waals surface area contributed by atoms with E-state index >= 15 is 0 Å². The molecule has 0 radical (unpaired) electrons. The Morgan fingerprint density at radius 1 is 1.15 bits per heavy atom. The summed E-state index contributed by atoms with van der Waals surface area (Å²) in [5, 5.41) is 0. The number of thiol groups is 1. The van der Waals surface area contributed by atoms with Gasteiger partial charge in [-0.25, -0.2) is 0 Å². The van der Waals surface area contributed by atoms with Crippen LogP contribution in [0.25, 0.3) is 0 Å². The van der Waals surface area contributed by atoms with Gasteiger partial charge in [-0.3, -0.25) is 9.10 Å². The van der Waals surface area contributed by atoms with Crippen LogP contribution >= 0.6 is 12.8 Å². The van der Waals surface area contributed by atoms with E-state index in [2.05, 4.69) is 35.9 Å². The minimum Gasteiger partial charge on any atom is -0.342 e. The van der Waals surface area contributed by atoms with Crippen LogP contribution < -0.4 is 0 Å². The lowest BCUT2D eigenvalue weighted by molar-refractivity contribution is -0.133. The second-order valence-corrected chi connectivity index (χ2v) is 7.53. The van der Waals surface area contributed by atoms with Gasteiger partial charge in [0.15, 0.2) is 0 Å². The van der Waals surface area contributed by atoms with Crippen molar-refractivity contribution < 1.29 is 4.79 Å². The molecule has 3 nitrogen and oxygen atoms in total. The second kappa shape index (κ2) is 7.69. The third-order valence-electron chi connectivity index (χ3n) is 4.93. The molecule has 2 rings (SSSR count). The molecule has 0 spiro atoms. The van der Waals surface area contributed by atoms with E-state index in [-0.39, 0.29) is 0 Å². The number of piperidine rings is 2. The van der Waals surface area contributed by atoms with Crippen molar-refractivity contribution in [2.75, 3.05) is 26.2 Å². The van der Waals surface area contributed by atoms with Crippen molar-refractivity contribution in [3.8, 4) is 0 Å². The van der Waals surface area contributed by atoms with Gasteiger partial charge in [0.2, 0.25) is 5.91 Å². The predicted octanol–water partition coefficient (Wildman–Crippen LogP) is 3.22. The lowest BCUT2D eigenvalue weighted by Crippen LogP contribution is -2.43. The summed E-state index contributed by atoms with van der Waals surface area (Å²) in [4.78, 5) is 14.4. The largest absolute Gasteiger partial charge is 0.342 e. The normalized spacial score (nSPS) is 26.2. The van der Waals surface area contributed by atoms with Gasteiger partial charge in [-0.05, 0) is 49.9 Å². The van der Waals surface area contributed by atoms with E-state index in [1.54, 1.807) is 0 Å². The van der Waals surface area contributed by atoms with E-state index in [4.69, 9.17) is 0 Å². The number of amides is 1. The number of carbonyl (C=O) groups excluding carboxylic acids is 1. The Morgan fingerprint density at radius 3 is 2.50 bits per heavy atom. The van der Waals surface area contributed by atoms with Gasteiger partial charge in [-0.1, -0.05) is 26.7 Å². The average Bonchev–Trinajstić information content (AvgIpc) is 2.45. The Hall–Kier alpha value is -0.220. The van der Waals surface area contributed by atoms with E-state index in [9.17, 15) is 4.79 Å². The van der Waals surface area contributed by atoms with Crippen LogP contribution in [0.2, 0.25) is 0 Å². The maximum Gasteiger partial charge on any atom is 0.222 e. The minimum absolute atomic E-state index is 0.384. The van der Waals surface area contributed by atoms with Gasteiger partial charge >= 0.3 is 0 Å². The molecular formula is C16H30N2OS. The van der Waals surface area contributed by atoms with E-state index in [0.717, 1.165) is 50.9 Å². The maximum atomic E-state index is 12.3. The summed E-state index contributed by atoms with van der Waals surface area (Å²) in [7, 11) is 0. The van der Waals surface area contributed by atoms with Crippen LogP contribution in [0, 0.1) is 17.8 Å². The highest BCUT2D eigenvalue weighted by molar-refractivity contribution is 7.77. The first-order chi connectivity index (χ1) is 9.56. The van der Waals surface area contributed by atoms with Crippen LogP contribution in [0.15, 0.2) is 0 Å². The Bertz CT molecular complexity index is 314. The molecule has 0 bridgehead atoms. The summed E-state index contributed by atoms with van der Waals surface area (Å²) in [6, 6.07) is 0. The zero-order valence-electron chi connectivity index (χ0n) is 13.1. The zero-order chi connectivity index (χ0) is 14.5. The summed E-state index contributed by atoms with van der Waals surface area (Å²) >= 11 is 4.43. The third-order valence-corrected chi connectivity index (χ3v) is 5.33. The van der Waals surface area contributed by atoms with E-state index in [0.29, 0.717) is 11.8 Å². The highest BCUT2D eigenvalue weighted by atomic mass is 32.1. The summed E-state index contributed by atoms with van der Waals surface area (Å²) < 4.78 is 2.13. The molecule has 0 aromatic heterocycles. The van der Waals surface area contributed by atoms with Crippen molar-refractivity contribution in [2.45, 2.75) is 52.4 Å². The van der Waals surface area contributed by atoms with E-state index < -0.39 is 0 Å². The molecule has 2 aliphatic rings. The molecule has 1 atom stereocenters. The summed E-state index contributed by atoms with van der Waals surface area (Å²) in [6.45, 7) is 8.58. The SMILES string of the molecule is CC(C)CCC(=O)N1CCCC(C2CCN(S)CC2)C1. The van der Waals surface area contributed by atoms with Crippen molar-refractivity contribution in [1.82, 2.24) is 9.21 Å². The number of hydrogen-bond acceptors (Lipinski definition) is 3. The van der Waals surface area contributed by atoms with Crippen molar-refractivity contribution in [3.05, 3.63) is 0 Å². The molecule has 0 aromatic carbocycles. The molecule has 2 saturated heterocycles. The first kappa shape index (κ1) is 16.2. The summed E-state index contributed by atoms with van der Waals surface area (Å²) in [6.07, 6.45) is 6.77. The van der Waals surface area contributed by atoms with Gasteiger partial charge in [0.05, 0.1) is 0 Å². The molecule has 0 N–H and O–H groups in total. The van der Waals surface area contributed by atoms with Crippen LogP contribution in [-0.2, 0) is 4.79 Å². The lowest BCUT2D eigenvalue weighted by atomic mass is 9.80. The monoisotopic (exact) mass is 298 g/mol. The van der Waals surface area contributed by atoms with Crippen LogP contribution in [0.5, 0.6) is 0 Å². The number of hydrogen-bond donors (Lipinski definition) is 1. The van der Waals surface area contributed by atoms with Gasteiger partial charge in [-0.2, -0.15) is 0 Å². The fourth-order valence-corrected chi connectivity index (χ4v) is 3.78. The van der Waals surface area contributed by atoms with Crippen molar-refractivity contribution in [2.24, 2.45) is 17.8 Å².